The van der Waals surface area contributed by atoms with Gasteiger partial charge >= 0.3 is 0 Å². The molecule has 192 valence electrons. The molecule has 9 nitrogen and oxygen atoms in total. The first kappa shape index (κ1) is 24.6. The lowest BCUT2D eigenvalue weighted by atomic mass is 10.0. The quantitative estimate of drug-likeness (QED) is 0.529. The van der Waals surface area contributed by atoms with Crippen molar-refractivity contribution in [2.75, 3.05) is 33.0 Å². The summed E-state index contributed by atoms with van der Waals surface area (Å²) in [5.74, 6) is -0.870. The fourth-order valence-electron chi connectivity index (χ4n) is 4.80. The van der Waals surface area contributed by atoms with Gasteiger partial charge in [-0.05, 0) is 43.0 Å². The van der Waals surface area contributed by atoms with E-state index in [9.17, 15) is 19.1 Å². The number of aromatic nitrogens is 1. The Balaban J connectivity index is 1.30. The second-order valence-electron chi connectivity index (χ2n) is 9.39. The third kappa shape index (κ3) is 5.50. The number of hydrogen-bond acceptors (Lipinski definition) is 7. The number of nitrogens with zero attached hydrogens (tertiary/aromatic N) is 1. The maximum absolute atomic E-state index is 14.8. The van der Waals surface area contributed by atoms with Crippen LogP contribution >= 0.6 is 0 Å². The van der Waals surface area contributed by atoms with Gasteiger partial charge in [-0.1, -0.05) is 6.07 Å². The van der Waals surface area contributed by atoms with Gasteiger partial charge in [0.15, 0.2) is 0 Å². The van der Waals surface area contributed by atoms with Crippen molar-refractivity contribution in [1.82, 2.24) is 15.6 Å². The van der Waals surface area contributed by atoms with Crippen molar-refractivity contribution < 1.29 is 33.3 Å². The first-order chi connectivity index (χ1) is 17.5. The summed E-state index contributed by atoms with van der Waals surface area (Å²) in [4.78, 5) is 29.8. The summed E-state index contributed by atoms with van der Waals surface area (Å²) in [7, 11) is 0. The fourth-order valence-corrected chi connectivity index (χ4v) is 4.80. The molecule has 0 saturated carbocycles. The molecule has 0 spiro atoms. The Hall–Kier alpha value is -3.08. The average Bonchev–Trinajstić information content (AvgIpc) is 3.56. The van der Waals surface area contributed by atoms with E-state index in [2.05, 4.69) is 15.6 Å². The van der Waals surface area contributed by atoms with Crippen molar-refractivity contribution in [1.29, 1.82) is 0 Å². The molecule has 1 aromatic carbocycles. The number of pyridine rings is 1. The number of fused-ring (bicyclic) bond motifs is 1. The standard InChI is InChI=1S/C26H30FN3O6/c27-19-11-15(3-4-18(19)25(32)28-13-17-2-1-7-35-17)10-16-12-22(29-21-6-9-36-24(16)21)26(33)30-20-5-8-34-14-23(20)31/h3-4,11-12,17,20,23,31H,1-2,5-10,13-14H2,(H,28,32)(H,30,33)/t17?,20-,23-/m0/s1. The monoisotopic (exact) mass is 499 g/mol. The van der Waals surface area contributed by atoms with E-state index in [-0.39, 0.29) is 29.9 Å². The molecule has 4 heterocycles. The number of aliphatic hydroxyl groups is 1. The van der Waals surface area contributed by atoms with E-state index in [1.165, 1.54) is 12.1 Å². The Morgan fingerprint density at radius 2 is 2.03 bits per heavy atom. The van der Waals surface area contributed by atoms with Crippen LogP contribution in [0.3, 0.4) is 0 Å². The number of nitrogens with one attached hydrogen (secondary N) is 2. The zero-order chi connectivity index (χ0) is 25.1. The van der Waals surface area contributed by atoms with Crippen molar-refractivity contribution in [3.63, 3.8) is 0 Å². The minimum absolute atomic E-state index is 0.0221. The van der Waals surface area contributed by atoms with Crippen molar-refractivity contribution in [3.05, 3.63) is 58.2 Å². The van der Waals surface area contributed by atoms with Crippen LogP contribution in [0.15, 0.2) is 24.3 Å². The molecule has 1 unspecified atom stereocenters. The Kier molecular flexibility index (Phi) is 7.45. The third-order valence-electron chi connectivity index (χ3n) is 6.77. The summed E-state index contributed by atoms with van der Waals surface area (Å²) in [5, 5.41) is 15.7. The predicted octanol–water partition coefficient (Wildman–Crippen LogP) is 1.53. The molecular formula is C26H30FN3O6. The van der Waals surface area contributed by atoms with E-state index in [4.69, 9.17) is 14.2 Å². The number of hydrogen-bond donors (Lipinski definition) is 3. The van der Waals surface area contributed by atoms with E-state index < -0.39 is 23.9 Å². The number of rotatable bonds is 7. The van der Waals surface area contributed by atoms with E-state index in [1.54, 1.807) is 12.1 Å². The molecule has 0 radical (unpaired) electrons. The maximum Gasteiger partial charge on any atom is 0.270 e. The van der Waals surface area contributed by atoms with Crippen LogP contribution in [-0.2, 0) is 22.3 Å². The smallest absolute Gasteiger partial charge is 0.270 e. The van der Waals surface area contributed by atoms with Crippen molar-refractivity contribution in [2.45, 2.75) is 50.4 Å². The van der Waals surface area contributed by atoms with Gasteiger partial charge in [0.05, 0.1) is 42.7 Å². The summed E-state index contributed by atoms with van der Waals surface area (Å²) in [6, 6.07) is 5.74. The van der Waals surface area contributed by atoms with Gasteiger partial charge in [0.25, 0.3) is 11.8 Å². The molecule has 2 fully saturated rings. The van der Waals surface area contributed by atoms with Crippen LogP contribution in [0.5, 0.6) is 5.75 Å². The zero-order valence-electron chi connectivity index (χ0n) is 19.9. The summed E-state index contributed by atoms with van der Waals surface area (Å²) in [6.07, 6.45) is 2.44. The van der Waals surface area contributed by atoms with Gasteiger partial charge in [-0.2, -0.15) is 0 Å². The Morgan fingerprint density at radius 3 is 2.81 bits per heavy atom. The number of halogens is 1. The third-order valence-corrected chi connectivity index (χ3v) is 6.77. The van der Waals surface area contributed by atoms with Gasteiger partial charge < -0.3 is 30.0 Å². The van der Waals surface area contributed by atoms with Crippen LogP contribution < -0.4 is 15.4 Å². The minimum Gasteiger partial charge on any atom is -0.491 e. The van der Waals surface area contributed by atoms with Crippen molar-refractivity contribution in [2.24, 2.45) is 0 Å². The molecule has 0 bridgehead atoms. The molecule has 0 aliphatic carbocycles. The number of carbonyl (C=O) groups excluding carboxylic acids is 2. The molecule has 2 amide bonds. The summed E-state index contributed by atoms with van der Waals surface area (Å²) in [6.45, 7) is 2.14. The molecule has 2 aromatic rings. The predicted molar refractivity (Wildman–Crippen MR) is 127 cm³/mol. The molecule has 36 heavy (non-hydrogen) atoms. The number of aliphatic hydroxyl groups excluding tert-OH is 1. The highest BCUT2D eigenvalue weighted by Crippen LogP contribution is 2.31. The van der Waals surface area contributed by atoms with Crippen molar-refractivity contribution in [3.8, 4) is 5.75 Å². The maximum atomic E-state index is 14.8. The first-order valence-corrected chi connectivity index (χ1v) is 12.4. The van der Waals surface area contributed by atoms with E-state index in [0.29, 0.717) is 68.2 Å². The Labute approximate surface area is 208 Å². The Bertz CT molecular complexity index is 1140. The van der Waals surface area contributed by atoms with Crippen LogP contribution in [-0.4, -0.2) is 73.1 Å². The molecule has 3 aliphatic rings. The average molecular weight is 500 g/mol. The summed E-state index contributed by atoms with van der Waals surface area (Å²) >= 11 is 0. The van der Waals surface area contributed by atoms with Gasteiger partial charge in [-0.25, -0.2) is 9.37 Å². The number of ether oxygens (including phenoxy) is 3. The highest BCUT2D eigenvalue weighted by molar-refractivity contribution is 5.94. The molecule has 1 aromatic heterocycles. The van der Waals surface area contributed by atoms with Gasteiger partial charge in [0.2, 0.25) is 0 Å². The largest absolute Gasteiger partial charge is 0.491 e. The summed E-state index contributed by atoms with van der Waals surface area (Å²) in [5.41, 5.74) is 2.22. The van der Waals surface area contributed by atoms with Gasteiger partial charge in [-0.15, -0.1) is 0 Å². The minimum atomic E-state index is -0.774. The van der Waals surface area contributed by atoms with Crippen LogP contribution in [0, 0.1) is 5.82 Å². The normalized spacial score (nSPS) is 23.1. The zero-order valence-corrected chi connectivity index (χ0v) is 19.9. The van der Waals surface area contributed by atoms with Crippen LogP contribution in [0.4, 0.5) is 4.39 Å². The first-order valence-electron chi connectivity index (χ1n) is 12.4. The molecule has 3 aliphatic heterocycles. The fraction of sp³-hybridized carbons (Fsp3) is 0.500. The van der Waals surface area contributed by atoms with E-state index in [0.717, 1.165) is 12.8 Å². The van der Waals surface area contributed by atoms with Crippen LogP contribution in [0.25, 0.3) is 0 Å². The second-order valence-corrected chi connectivity index (χ2v) is 9.39. The topological polar surface area (TPSA) is 119 Å². The lowest BCUT2D eigenvalue weighted by molar-refractivity contribution is -0.0261. The number of carbonyl (C=O) groups is 2. The van der Waals surface area contributed by atoms with Gasteiger partial charge in [0, 0.05) is 38.2 Å². The number of benzene rings is 1. The second kappa shape index (κ2) is 10.9. The van der Waals surface area contributed by atoms with Gasteiger partial charge in [-0.3, -0.25) is 9.59 Å². The highest BCUT2D eigenvalue weighted by Gasteiger charge is 2.28. The lowest BCUT2D eigenvalue weighted by Gasteiger charge is -2.28. The van der Waals surface area contributed by atoms with Gasteiger partial charge in [0.1, 0.15) is 17.3 Å². The Morgan fingerprint density at radius 1 is 1.14 bits per heavy atom. The SMILES string of the molecule is O=C(N[C@H]1CCOC[C@@H]1O)c1cc(Cc2ccc(C(=O)NCC3CCCO3)c(F)c2)c2c(n1)CCO2. The van der Waals surface area contributed by atoms with Crippen LogP contribution in [0.2, 0.25) is 0 Å². The van der Waals surface area contributed by atoms with E-state index in [1.807, 2.05) is 0 Å². The molecule has 10 heteroatoms. The summed E-state index contributed by atoms with van der Waals surface area (Å²) < 4.78 is 31.3. The molecule has 2 saturated heterocycles. The highest BCUT2D eigenvalue weighted by atomic mass is 19.1. The number of amides is 2. The lowest BCUT2D eigenvalue weighted by Crippen LogP contribution is -2.48. The van der Waals surface area contributed by atoms with Crippen molar-refractivity contribution >= 4 is 11.8 Å². The molecule has 3 N–H and O–H groups in total. The molecule has 3 atom stereocenters. The molecule has 5 rings (SSSR count). The molecular weight excluding hydrogens is 469 g/mol. The van der Waals surface area contributed by atoms with E-state index >= 15 is 0 Å². The van der Waals surface area contributed by atoms with Crippen LogP contribution in [0.1, 0.15) is 56.9 Å².